The lowest BCUT2D eigenvalue weighted by Gasteiger charge is -2.33. The lowest BCUT2D eigenvalue weighted by molar-refractivity contribution is -0.145. The second-order valence-electron chi connectivity index (χ2n) is 4.98. The molecule has 1 aromatic rings. The first kappa shape index (κ1) is 14.9. The highest BCUT2D eigenvalue weighted by molar-refractivity contribution is 7.89. The summed E-state index contributed by atoms with van der Waals surface area (Å²) in [5.41, 5.74) is -1.53. The molecular formula is C13H16FNO4S. The Labute approximate surface area is 116 Å². The first-order valence-corrected chi connectivity index (χ1v) is 7.88. The van der Waals surface area contributed by atoms with Gasteiger partial charge in [-0.05, 0) is 25.0 Å². The molecule has 0 heterocycles. The quantitative estimate of drug-likeness (QED) is 0.889. The Balaban J connectivity index is 2.35. The fourth-order valence-electron chi connectivity index (χ4n) is 2.49. The molecule has 0 bridgehead atoms. The third-order valence-electron chi connectivity index (χ3n) is 3.57. The van der Waals surface area contributed by atoms with Crippen LogP contribution < -0.4 is 4.72 Å². The van der Waals surface area contributed by atoms with Crippen LogP contribution in [0.4, 0.5) is 4.39 Å². The van der Waals surface area contributed by atoms with E-state index in [1.807, 2.05) is 0 Å². The van der Waals surface area contributed by atoms with Gasteiger partial charge in [0, 0.05) is 0 Å². The summed E-state index contributed by atoms with van der Waals surface area (Å²) >= 11 is 0. The number of halogens is 1. The predicted octanol–water partition coefficient (Wildman–Crippen LogP) is 1.89. The SMILES string of the molecule is O=C(O)C1(NS(=O)(=O)c2ccccc2F)CCCCC1. The average molecular weight is 301 g/mol. The summed E-state index contributed by atoms with van der Waals surface area (Å²) in [5, 5.41) is 9.35. The molecule has 7 heteroatoms. The summed E-state index contributed by atoms with van der Waals surface area (Å²) in [6, 6.07) is 4.92. The van der Waals surface area contributed by atoms with E-state index in [1.54, 1.807) is 0 Å². The molecule has 0 amide bonds. The summed E-state index contributed by atoms with van der Waals surface area (Å²) in [4.78, 5) is 10.9. The van der Waals surface area contributed by atoms with Crippen LogP contribution in [0.15, 0.2) is 29.2 Å². The molecule has 2 N–H and O–H groups in total. The van der Waals surface area contributed by atoms with Crippen LogP contribution in [-0.4, -0.2) is 25.0 Å². The third-order valence-corrected chi connectivity index (χ3v) is 5.14. The van der Waals surface area contributed by atoms with Gasteiger partial charge in [-0.3, -0.25) is 4.79 Å². The molecule has 20 heavy (non-hydrogen) atoms. The van der Waals surface area contributed by atoms with Gasteiger partial charge in [0.1, 0.15) is 16.3 Å². The highest BCUT2D eigenvalue weighted by Crippen LogP contribution is 2.30. The molecule has 0 radical (unpaired) electrons. The maximum absolute atomic E-state index is 13.6. The van der Waals surface area contributed by atoms with Gasteiger partial charge in [-0.15, -0.1) is 0 Å². The largest absolute Gasteiger partial charge is 0.480 e. The van der Waals surface area contributed by atoms with Crippen LogP contribution in [-0.2, 0) is 14.8 Å². The zero-order valence-corrected chi connectivity index (χ0v) is 11.6. The predicted molar refractivity (Wildman–Crippen MR) is 70.2 cm³/mol. The third kappa shape index (κ3) is 2.83. The summed E-state index contributed by atoms with van der Waals surface area (Å²) < 4.78 is 40.2. The first-order valence-electron chi connectivity index (χ1n) is 6.39. The van der Waals surface area contributed by atoms with Gasteiger partial charge in [-0.1, -0.05) is 31.4 Å². The number of carbonyl (C=O) groups is 1. The van der Waals surface area contributed by atoms with E-state index in [4.69, 9.17) is 0 Å². The number of sulfonamides is 1. The van der Waals surface area contributed by atoms with Crippen molar-refractivity contribution < 1.29 is 22.7 Å². The van der Waals surface area contributed by atoms with Crippen LogP contribution in [0.5, 0.6) is 0 Å². The van der Waals surface area contributed by atoms with Gasteiger partial charge < -0.3 is 5.11 Å². The van der Waals surface area contributed by atoms with Crippen molar-refractivity contribution in [3.63, 3.8) is 0 Å². The number of nitrogens with one attached hydrogen (secondary N) is 1. The molecular weight excluding hydrogens is 285 g/mol. The molecule has 1 aromatic carbocycles. The lowest BCUT2D eigenvalue weighted by atomic mass is 9.83. The molecule has 0 aliphatic heterocycles. The topological polar surface area (TPSA) is 83.5 Å². The van der Waals surface area contributed by atoms with Crippen LogP contribution in [0.3, 0.4) is 0 Å². The van der Waals surface area contributed by atoms with Gasteiger partial charge in [0.05, 0.1) is 0 Å². The lowest BCUT2D eigenvalue weighted by Crippen LogP contribution is -2.55. The zero-order valence-electron chi connectivity index (χ0n) is 10.8. The minimum atomic E-state index is -4.20. The molecule has 0 saturated heterocycles. The Morgan fingerprint density at radius 1 is 1.20 bits per heavy atom. The number of rotatable bonds is 4. The minimum absolute atomic E-state index is 0.218. The van der Waals surface area contributed by atoms with E-state index in [0.29, 0.717) is 12.8 Å². The van der Waals surface area contributed by atoms with E-state index < -0.39 is 32.2 Å². The van der Waals surface area contributed by atoms with Crippen molar-refractivity contribution >= 4 is 16.0 Å². The van der Waals surface area contributed by atoms with Crippen LogP contribution in [0.1, 0.15) is 32.1 Å². The van der Waals surface area contributed by atoms with Crippen molar-refractivity contribution in [3.05, 3.63) is 30.1 Å². The highest BCUT2D eigenvalue weighted by Gasteiger charge is 2.43. The Morgan fingerprint density at radius 2 is 1.80 bits per heavy atom. The van der Waals surface area contributed by atoms with E-state index in [1.165, 1.54) is 12.1 Å². The van der Waals surface area contributed by atoms with Crippen molar-refractivity contribution in [1.29, 1.82) is 0 Å². The monoisotopic (exact) mass is 301 g/mol. The Morgan fingerprint density at radius 3 is 2.35 bits per heavy atom. The molecule has 1 aliphatic rings. The van der Waals surface area contributed by atoms with Gasteiger partial charge in [0.15, 0.2) is 0 Å². The normalized spacial score (nSPS) is 18.6. The van der Waals surface area contributed by atoms with Crippen molar-refractivity contribution in [2.24, 2.45) is 0 Å². The van der Waals surface area contributed by atoms with Gasteiger partial charge in [-0.2, -0.15) is 4.72 Å². The number of aliphatic carboxylic acids is 1. The molecule has 1 fully saturated rings. The summed E-state index contributed by atoms with van der Waals surface area (Å²) in [6.45, 7) is 0. The van der Waals surface area contributed by atoms with E-state index in [-0.39, 0.29) is 12.8 Å². The molecule has 5 nitrogen and oxygen atoms in total. The van der Waals surface area contributed by atoms with E-state index in [0.717, 1.165) is 18.6 Å². The number of carboxylic acids is 1. The van der Waals surface area contributed by atoms with Crippen molar-refractivity contribution in [3.8, 4) is 0 Å². The van der Waals surface area contributed by atoms with Gasteiger partial charge in [0.25, 0.3) is 0 Å². The van der Waals surface area contributed by atoms with Gasteiger partial charge in [0.2, 0.25) is 10.0 Å². The molecule has 1 saturated carbocycles. The van der Waals surface area contributed by atoms with Crippen molar-refractivity contribution in [2.75, 3.05) is 0 Å². The summed E-state index contributed by atoms with van der Waals surface area (Å²) in [7, 11) is -4.20. The Bertz CT molecular complexity index is 609. The molecule has 0 atom stereocenters. The molecule has 0 aromatic heterocycles. The average Bonchev–Trinajstić information content (AvgIpc) is 2.39. The summed E-state index contributed by atoms with van der Waals surface area (Å²) in [5.74, 6) is -2.10. The maximum atomic E-state index is 13.6. The number of benzene rings is 1. The summed E-state index contributed by atoms with van der Waals surface area (Å²) in [6.07, 6.45) is 2.57. The molecule has 0 unspecified atom stereocenters. The zero-order chi connectivity index (χ0) is 14.8. The molecule has 1 aliphatic carbocycles. The first-order chi connectivity index (χ1) is 9.37. The smallest absolute Gasteiger partial charge is 0.324 e. The van der Waals surface area contributed by atoms with Crippen LogP contribution in [0.25, 0.3) is 0 Å². The van der Waals surface area contributed by atoms with Gasteiger partial charge in [-0.25, -0.2) is 12.8 Å². The van der Waals surface area contributed by atoms with Crippen LogP contribution in [0.2, 0.25) is 0 Å². The van der Waals surface area contributed by atoms with Crippen LogP contribution >= 0.6 is 0 Å². The minimum Gasteiger partial charge on any atom is -0.480 e. The second kappa shape index (κ2) is 5.49. The number of hydrogen-bond acceptors (Lipinski definition) is 3. The van der Waals surface area contributed by atoms with Crippen molar-refractivity contribution in [2.45, 2.75) is 42.5 Å². The van der Waals surface area contributed by atoms with Gasteiger partial charge >= 0.3 is 5.97 Å². The highest BCUT2D eigenvalue weighted by atomic mass is 32.2. The van der Waals surface area contributed by atoms with E-state index in [9.17, 15) is 22.7 Å². The molecule has 110 valence electrons. The molecule has 0 spiro atoms. The standard InChI is InChI=1S/C13H16FNO4S/c14-10-6-2-3-7-11(10)20(18,19)15-13(12(16)17)8-4-1-5-9-13/h2-3,6-7,15H,1,4-5,8-9H2,(H,16,17). The number of carboxylic acid groups (broad SMARTS) is 1. The fourth-order valence-corrected chi connectivity index (χ4v) is 3.99. The van der Waals surface area contributed by atoms with E-state index in [2.05, 4.69) is 4.72 Å². The Kier molecular flexibility index (Phi) is 4.10. The fraction of sp³-hybridized carbons (Fsp3) is 0.462. The Hall–Kier alpha value is -1.47. The number of hydrogen-bond donors (Lipinski definition) is 2. The molecule has 2 rings (SSSR count). The van der Waals surface area contributed by atoms with Crippen LogP contribution in [0, 0.1) is 5.82 Å². The second-order valence-corrected chi connectivity index (χ2v) is 6.63. The van der Waals surface area contributed by atoms with Crippen molar-refractivity contribution in [1.82, 2.24) is 4.72 Å². The van der Waals surface area contributed by atoms with E-state index >= 15 is 0 Å². The maximum Gasteiger partial charge on any atom is 0.324 e.